The summed E-state index contributed by atoms with van der Waals surface area (Å²) in [6.45, 7) is 3.57. The quantitative estimate of drug-likeness (QED) is 0.817. The third-order valence-corrected chi connectivity index (χ3v) is 5.32. The van der Waals surface area contributed by atoms with E-state index in [-0.39, 0.29) is 35.5 Å². The number of carbonyl (C=O) groups is 1. The molecule has 0 amide bonds. The van der Waals surface area contributed by atoms with Crippen LogP contribution in [0.5, 0.6) is 0 Å². The van der Waals surface area contributed by atoms with Crippen molar-refractivity contribution >= 4 is 27.6 Å². The Kier molecular flexibility index (Phi) is 5.55. The van der Waals surface area contributed by atoms with Gasteiger partial charge in [-0.25, -0.2) is 8.42 Å². The largest absolute Gasteiger partial charge is 0.481 e. The lowest BCUT2D eigenvalue weighted by Gasteiger charge is -2.25. The van der Waals surface area contributed by atoms with Crippen LogP contribution in [-0.2, 0) is 21.9 Å². The molecule has 0 saturated heterocycles. The van der Waals surface area contributed by atoms with Gasteiger partial charge in [-0.3, -0.25) is 9.48 Å². The highest BCUT2D eigenvalue weighted by molar-refractivity contribution is 7.89. The minimum absolute atomic E-state index is 0.0522. The minimum atomic E-state index is -3.81. The number of carboxylic acids is 1. The van der Waals surface area contributed by atoms with Crippen LogP contribution in [-0.4, -0.2) is 46.2 Å². The van der Waals surface area contributed by atoms with E-state index in [2.05, 4.69) is 5.10 Å². The van der Waals surface area contributed by atoms with E-state index in [0.717, 1.165) is 0 Å². The Hall–Kier alpha value is -1.12. The molecule has 1 N–H and O–H groups in total. The number of aromatic nitrogens is 2. The molecule has 0 aromatic carbocycles. The summed E-state index contributed by atoms with van der Waals surface area (Å²) in [4.78, 5) is 10.5. The molecule has 0 bridgehead atoms. The molecule has 0 radical (unpaired) electrons. The van der Waals surface area contributed by atoms with Gasteiger partial charge in [0.05, 0.1) is 11.2 Å². The number of aliphatic carboxylic acids is 1. The summed E-state index contributed by atoms with van der Waals surface area (Å²) in [5, 5.41) is 12.4. The molecule has 1 heterocycles. The zero-order valence-electron chi connectivity index (χ0n) is 11.6. The highest BCUT2D eigenvalue weighted by atomic mass is 35.5. The highest BCUT2D eigenvalue weighted by Crippen LogP contribution is 2.25. The Bertz CT molecular complexity index is 563. The van der Waals surface area contributed by atoms with Crippen LogP contribution in [0.4, 0.5) is 0 Å². The maximum atomic E-state index is 12.6. The van der Waals surface area contributed by atoms with Crippen molar-refractivity contribution in [2.24, 2.45) is 7.05 Å². The normalized spacial score (nSPS) is 12.3. The number of carboxylic acid groups (broad SMARTS) is 1. The van der Waals surface area contributed by atoms with Gasteiger partial charge in [0, 0.05) is 26.1 Å². The summed E-state index contributed by atoms with van der Waals surface area (Å²) in [6.07, 6.45) is 1.42. The smallest absolute Gasteiger partial charge is 0.303 e. The van der Waals surface area contributed by atoms with E-state index in [9.17, 15) is 13.2 Å². The molecule has 1 aromatic heterocycles. The van der Waals surface area contributed by atoms with Crippen molar-refractivity contribution in [1.29, 1.82) is 0 Å². The molecule has 0 saturated carbocycles. The standard InChI is InChI=1S/C11H18ClN3O4S/c1-8(2)15(6-4-5-10(16)17)20(18,19)11-9(12)7-13-14(11)3/h7-8H,4-6H2,1-3H3,(H,16,17). The number of hydrogen-bond acceptors (Lipinski definition) is 4. The molecule has 0 aliphatic rings. The van der Waals surface area contributed by atoms with Gasteiger partial charge in [0.2, 0.25) is 0 Å². The van der Waals surface area contributed by atoms with E-state index in [1.54, 1.807) is 13.8 Å². The summed E-state index contributed by atoms with van der Waals surface area (Å²) < 4.78 is 27.6. The number of halogens is 1. The van der Waals surface area contributed by atoms with E-state index in [4.69, 9.17) is 16.7 Å². The molecule has 0 aliphatic carbocycles. The van der Waals surface area contributed by atoms with Crippen LogP contribution in [0.15, 0.2) is 11.2 Å². The highest BCUT2D eigenvalue weighted by Gasteiger charge is 2.31. The first-order chi connectivity index (χ1) is 9.17. The third kappa shape index (κ3) is 3.71. The monoisotopic (exact) mass is 323 g/mol. The SMILES string of the molecule is CC(C)N(CCCC(=O)O)S(=O)(=O)c1c(Cl)cnn1C. The number of sulfonamides is 1. The average Bonchev–Trinajstić information content (AvgIpc) is 2.63. The Morgan fingerprint density at radius 1 is 1.55 bits per heavy atom. The van der Waals surface area contributed by atoms with Crippen molar-refractivity contribution < 1.29 is 18.3 Å². The van der Waals surface area contributed by atoms with Gasteiger partial charge in [-0.15, -0.1) is 0 Å². The molecule has 20 heavy (non-hydrogen) atoms. The van der Waals surface area contributed by atoms with Gasteiger partial charge in [0.15, 0.2) is 5.03 Å². The lowest BCUT2D eigenvalue weighted by Crippen LogP contribution is -2.38. The lowest BCUT2D eigenvalue weighted by atomic mass is 10.3. The Balaban J connectivity index is 3.04. The van der Waals surface area contributed by atoms with Gasteiger partial charge in [0.1, 0.15) is 0 Å². The third-order valence-electron chi connectivity index (χ3n) is 2.74. The molecule has 0 unspecified atom stereocenters. The Labute approximate surface area is 123 Å². The summed E-state index contributed by atoms with van der Waals surface area (Å²) in [7, 11) is -2.31. The molecule has 114 valence electrons. The van der Waals surface area contributed by atoms with Gasteiger partial charge in [0.25, 0.3) is 10.0 Å². The molecule has 0 fully saturated rings. The number of aryl methyl sites for hydroxylation is 1. The second kappa shape index (κ2) is 6.55. The Morgan fingerprint density at radius 2 is 2.15 bits per heavy atom. The second-order valence-corrected chi connectivity index (χ2v) is 6.84. The van der Waals surface area contributed by atoms with Crippen molar-refractivity contribution in [1.82, 2.24) is 14.1 Å². The maximum absolute atomic E-state index is 12.6. The van der Waals surface area contributed by atoms with E-state index >= 15 is 0 Å². The van der Waals surface area contributed by atoms with Gasteiger partial charge in [-0.1, -0.05) is 11.6 Å². The molecule has 0 atom stereocenters. The van der Waals surface area contributed by atoms with Crippen LogP contribution < -0.4 is 0 Å². The number of hydrogen-bond donors (Lipinski definition) is 1. The Morgan fingerprint density at radius 3 is 2.55 bits per heavy atom. The van der Waals surface area contributed by atoms with E-state index in [0.29, 0.717) is 0 Å². The number of nitrogens with zero attached hydrogens (tertiary/aromatic N) is 3. The van der Waals surface area contributed by atoms with Gasteiger partial charge in [-0.2, -0.15) is 9.40 Å². The summed E-state index contributed by atoms with van der Waals surface area (Å²) in [5.41, 5.74) is 0. The fourth-order valence-electron chi connectivity index (χ4n) is 1.84. The lowest BCUT2D eigenvalue weighted by molar-refractivity contribution is -0.137. The van der Waals surface area contributed by atoms with Crippen LogP contribution in [0, 0.1) is 0 Å². The van der Waals surface area contributed by atoms with Crippen molar-refractivity contribution in [2.45, 2.75) is 37.8 Å². The van der Waals surface area contributed by atoms with Gasteiger partial charge < -0.3 is 5.11 Å². The first-order valence-electron chi connectivity index (χ1n) is 6.09. The number of rotatable bonds is 7. The van der Waals surface area contributed by atoms with E-state index in [1.165, 1.54) is 22.2 Å². The predicted molar refractivity (Wildman–Crippen MR) is 74.1 cm³/mol. The van der Waals surface area contributed by atoms with Crippen LogP contribution in [0.3, 0.4) is 0 Å². The van der Waals surface area contributed by atoms with Crippen molar-refractivity contribution in [2.75, 3.05) is 6.54 Å². The summed E-state index contributed by atoms with van der Waals surface area (Å²) >= 11 is 5.88. The topological polar surface area (TPSA) is 92.5 Å². The average molecular weight is 324 g/mol. The van der Waals surface area contributed by atoms with E-state index < -0.39 is 16.0 Å². The van der Waals surface area contributed by atoms with Crippen LogP contribution >= 0.6 is 11.6 Å². The zero-order chi connectivity index (χ0) is 15.5. The van der Waals surface area contributed by atoms with E-state index in [1.807, 2.05) is 0 Å². The van der Waals surface area contributed by atoms with Crippen molar-refractivity contribution in [3.05, 3.63) is 11.2 Å². The molecule has 1 aromatic rings. The maximum Gasteiger partial charge on any atom is 0.303 e. The molecular formula is C11H18ClN3O4S. The fourth-order valence-corrected chi connectivity index (χ4v) is 4.13. The molecule has 0 aliphatic heterocycles. The molecular weight excluding hydrogens is 306 g/mol. The first-order valence-corrected chi connectivity index (χ1v) is 7.91. The second-order valence-electron chi connectivity index (χ2n) is 4.63. The predicted octanol–water partition coefficient (Wildman–Crippen LogP) is 1.34. The molecule has 7 nitrogen and oxygen atoms in total. The molecule has 9 heteroatoms. The first kappa shape index (κ1) is 16.9. The molecule has 0 spiro atoms. The minimum Gasteiger partial charge on any atom is -0.481 e. The van der Waals surface area contributed by atoms with Gasteiger partial charge >= 0.3 is 5.97 Å². The van der Waals surface area contributed by atoms with Crippen LogP contribution in [0.25, 0.3) is 0 Å². The van der Waals surface area contributed by atoms with Crippen LogP contribution in [0.1, 0.15) is 26.7 Å². The fraction of sp³-hybridized carbons (Fsp3) is 0.636. The molecule has 1 rings (SSSR count). The van der Waals surface area contributed by atoms with Gasteiger partial charge in [-0.05, 0) is 20.3 Å². The van der Waals surface area contributed by atoms with Crippen molar-refractivity contribution in [3.63, 3.8) is 0 Å². The summed E-state index contributed by atoms with van der Waals surface area (Å²) in [6, 6.07) is -0.306. The van der Waals surface area contributed by atoms with Crippen molar-refractivity contribution in [3.8, 4) is 0 Å². The summed E-state index contributed by atoms with van der Waals surface area (Å²) in [5.74, 6) is -0.954. The van der Waals surface area contributed by atoms with Crippen LogP contribution in [0.2, 0.25) is 5.02 Å². The zero-order valence-corrected chi connectivity index (χ0v) is 13.1.